The van der Waals surface area contributed by atoms with Crippen molar-refractivity contribution in [2.75, 3.05) is 0 Å². The van der Waals surface area contributed by atoms with Crippen molar-refractivity contribution in [3.63, 3.8) is 0 Å². The topological polar surface area (TPSA) is 47.0 Å². The zero-order valence-corrected chi connectivity index (χ0v) is 13.9. The van der Waals surface area contributed by atoms with Crippen LogP contribution >= 0.6 is 15.9 Å². The number of Topliss-reactive ketones (excluding diaryl/α,β-unsaturated/α-hetero) is 2. The highest BCUT2D eigenvalue weighted by atomic mass is 79.9. The summed E-state index contributed by atoms with van der Waals surface area (Å²) in [5.41, 5.74) is 3.62. The molecule has 22 heavy (non-hydrogen) atoms. The summed E-state index contributed by atoms with van der Waals surface area (Å²) in [6.45, 7) is 3.58. The van der Waals surface area contributed by atoms with Gasteiger partial charge in [0.1, 0.15) is 5.69 Å². The highest BCUT2D eigenvalue weighted by Gasteiger charge is 2.31. The number of hydrogen-bond donors (Lipinski definition) is 0. The minimum atomic E-state index is -0.144. The molecule has 0 aliphatic heterocycles. The predicted octanol–water partition coefficient (Wildman–Crippen LogP) is 4.09. The fourth-order valence-electron chi connectivity index (χ4n) is 2.59. The predicted molar refractivity (Wildman–Crippen MR) is 88.2 cm³/mol. The van der Waals surface area contributed by atoms with Gasteiger partial charge in [0.25, 0.3) is 0 Å². The van der Waals surface area contributed by atoms with Crippen LogP contribution < -0.4 is 0 Å². The third kappa shape index (κ3) is 2.55. The molecule has 2 aromatic rings. The summed E-state index contributed by atoms with van der Waals surface area (Å²) in [5.74, 6) is -0.243. The standard InChI is InChI=1S/C18H14BrNO2/c1-10-7-15-16(20-9-10)18(22)14(11(2)17(15)21)8-12-3-5-13(19)6-4-12/h3-7,9H,8H2,1-2H3. The largest absolute Gasteiger partial charge is 0.289 e. The summed E-state index contributed by atoms with van der Waals surface area (Å²) in [4.78, 5) is 29.4. The molecule has 1 aromatic heterocycles. The van der Waals surface area contributed by atoms with Crippen molar-refractivity contribution in [3.05, 3.63) is 74.5 Å². The second-order valence-corrected chi connectivity index (χ2v) is 6.39. The van der Waals surface area contributed by atoms with E-state index in [0.717, 1.165) is 15.6 Å². The van der Waals surface area contributed by atoms with Gasteiger partial charge >= 0.3 is 0 Å². The normalized spacial score (nSPS) is 14.3. The molecule has 0 amide bonds. The smallest absolute Gasteiger partial charge is 0.208 e. The van der Waals surface area contributed by atoms with Gasteiger partial charge in [0.05, 0.1) is 5.56 Å². The van der Waals surface area contributed by atoms with Crippen LogP contribution in [0.4, 0.5) is 0 Å². The molecule has 1 aliphatic carbocycles. The van der Waals surface area contributed by atoms with E-state index in [0.29, 0.717) is 23.1 Å². The fourth-order valence-corrected chi connectivity index (χ4v) is 2.86. The Bertz CT molecular complexity index is 819. The Balaban J connectivity index is 2.03. The Hall–Kier alpha value is -2.07. The van der Waals surface area contributed by atoms with Gasteiger partial charge in [0, 0.05) is 28.2 Å². The van der Waals surface area contributed by atoms with Crippen molar-refractivity contribution in [1.82, 2.24) is 4.98 Å². The van der Waals surface area contributed by atoms with E-state index in [-0.39, 0.29) is 17.3 Å². The number of fused-ring (bicyclic) bond motifs is 1. The summed E-state index contributed by atoms with van der Waals surface area (Å²) >= 11 is 3.39. The van der Waals surface area contributed by atoms with Gasteiger partial charge in [0.2, 0.25) is 5.78 Å². The zero-order chi connectivity index (χ0) is 15.9. The number of pyridine rings is 1. The molecule has 1 heterocycles. The van der Waals surface area contributed by atoms with Crippen molar-refractivity contribution < 1.29 is 9.59 Å². The number of carbonyl (C=O) groups is 2. The molecule has 0 radical (unpaired) electrons. The number of ketones is 2. The Morgan fingerprint density at radius 2 is 1.73 bits per heavy atom. The Labute approximate surface area is 137 Å². The number of nitrogens with zero attached hydrogens (tertiary/aromatic N) is 1. The molecule has 0 unspecified atom stereocenters. The van der Waals surface area contributed by atoms with E-state index in [1.165, 1.54) is 0 Å². The summed E-state index contributed by atoms with van der Waals surface area (Å²) in [6.07, 6.45) is 2.07. The van der Waals surface area contributed by atoms with Gasteiger partial charge in [-0.1, -0.05) is 28.1 Å². The molecule has 0 atom stereocenters. The van der Waals surface area contributed by atoms with E-state index in [1.807, 2.05) is 31.2 Å². The molecule has 1 aromatic carbocycles. The molecule has 110 valence electrons. The molecule has 0 saturated carbocycles. The van der Waals surface area contributed by atoms with E-state index in [2.05, 4.69) is 20.9 Å². The van der Waals surface area contributed by atoms with Crippen LogP contribution in [0.25, 0.3) is 0 Å². The summed E-state index contributed by atoms with van der Waals surface area (Å²) in [7, 11) is 0. The van der Waals surface area contributed by atoms with Crippen molar-refractivity contribution >= 4 is 27.5 Å². The molecule has 1 aliphatic rings. The summed E-state index contributed by atoms with van der Waals surface area (Å²) in [5, 5.41) is 0. The Kier molecular flexibility index (Phi) is 3.79. The van der Waals surface area contributed by atoms with Crippen LogP contribution in [-0.2, 0) is 6.42 Å². The summed E-state index contributed by atoms with van der Waals surface area (Å²) in [6, 6.07) is 9.48. The average molecular weight is 356 g/mol. The molecule has 0 spiro atoms. The Morgan fingerprint density at radius 1 is 1.05 bits per heavy atom. The van der Waals surface area contributed by atoms with E-state index in [4.69, 9.17) is 0 Å². The Morgan fingerprint density at radius 3 is 2.41 bits per heavy atom. The monoisotopic (exact) mass is 355 g/mol. The maximum atomic E-state index is 12.7. The first-order valence-corrected chi connectivity index (χ1v) is 7.77. The van der Waals surface area contributed by atoms with Crippen LogP contribution in [-0.4, -0.2) is 16.6 Å². The van der Waals surface area contributed by atoms with Gasteiger partial charge in [-0.15, -0.1) is 0 Å². The van der Waals surface area contributed by atoms with Crippen molar-refractivity contribution in [1.29, 1.82) is 0 Å². The lowest BCUT2D eigenvalue weighted by molar-refractivity contribution is 0.0969. The first-order valence-electron chi connectivity index (χ1n) is 6.97. The van der Waals surface area contributed by atoms with E-state index < -0.39 is 0 Å². The van der Waals surface area contributed by atoms with Gasteiger partial charge in [-0.05, 0) is 43.2 Å². The zero-order valence-electron chi connectivity index (χ0n) is 12.3. The van der Waals surface area contributed by atoms with Crippen LogP contribution in [0.2, 0.25) is 0 Å². The maximum absolute atomic E-state index is 12.7. The van der Waals surface area contributed by atoms with E-state index in [9.17, 15) is 9.59 Å². The third-order valence-corrected chi connectivity index (χ3v) is 4.37. The van der Waals surface area contributed by atoms with Crippen molar-refractivity contribution in [2.24, 2.45) is 0 Å². The molecular weight excluding hydrogens is 342 g/mol. The second-order valence-electron chi connectivity index (χ2n) is 5.47. The van der Waals surface area contributed by atoms with Crippen molar-refractivity contribution in [3.8, 4) is 0 Å². The minimum absolute atomic E-state index is 0.0992. The number of carbonyl (C=O) groups excluding carboxylic acids is 2. The van der Waals surface area contributed by atoms with Gasteiger partial charge in [0.15, 0.2) is 5.78 Å². The van der Waals surface area contributed by atoms with Gasteiger partial charge in [-0.2, -0.15) is 0 Å². The SMILES string of the molecule is CC1=C(Cc2ccc(Br)cc2)C(=O)c2ncc(C)cc2C1=O. The average Bonchev–Trinajstić information content (AvgIpc) is 2.51. The first-order chi connectivity index (χ1) is 10.5. The lowest BCUT2D eigenvalue weighted by Crippen LogP contribution is -2.23. The fraction of sp³-hybridized carbons (Fsp3) is 0.167. The third-order valence-electron chi connectivity index (χ3n) is 3.85. The lowest BCUT2D eigenvalue weighted by atomic mass is 9.84. The number of halogens is 1. The molecule has 0 fully saturated rings. The van der Waals surface area contributed by atoms with Crippen LogP contribution in [0.15, 0.2) is 52.1 Å². The maximum Gasteiger partial charge on any atom is 0.208 e. The van der Waals surface area contributed by atoms with Gasteiger partial charge in [-0.25, -0.2) is 0 Å². The molecule has 3 nitrogen and oxygen atoms in total. The van der Waals surface area contributed by atoms with Crippen LogP contribution in [0.3, 0.4) is 0 Å². The number of aromatic nitrogens is 1. The molecular formula is C18H14BrNO2. The number of allylic oxidation sites excluding steroid dienone is 2. The molecule has 0 saturated heterocycles. The highest BCUT2D eigenvalue weighted by Crippen LogP contribution is 2.28. The molecule has 4 heteroatoms. The van der Waals surface area contributed by atoms with Crippen LogP contribution in [0.1, 0.15) is 38.9 Å². The quantitative estimate of drug-likeness (QED) is 0.814. The van der Waals surface area contributed by atoms with E-state index >= 15 is 0 Å². The number of benzene rings is 1. The highest BCUT2D eigenvalue weighted by molar-refractivity contribution is 9.10. The molecule has 0 N–H and O–H groups in total. The van der Waals surface area contributed by atoms with Gasteiger partial charge in [-0.3, -0.25) is 14.6 Å². The lowest BCUT2D eigenvalue weighted by Gasteiger charge is -2.18. The number of aryl methyl sites for hydroxylation is 1. The van der Waals surface area contributed by atoms with E-state index in [1.54, 1.807) is 19.2 Å². The van der Waals surface area contributed by atoms with Crippen LogP contribution in [0, 0.1) is 6.92 Å². The van der Waals surface area contributed by atoms with Crippen molar-refractivity contribution in [2.45, 2.75) is 20.3 Å². The number of hydrogen-bond acceptors (Lipinski definition) is 3. The number of rotatable bonds is 2. The minimum Gasteiger partial charge on any atom is -0.289 e. The second kappa shape index (κ2) is 5.61. The van der Waals surface area contributed by atoms with Crippen LogP contribution in [0.5, 0.6) is 0 Å². The molecule has 0 bridgehead atoms. The first kappa shape index (κ1) is 14.9. The van der Waals surface area contributed by atoms with Gasteiger partial charge < -0.3 is 0 Å². The molecule has 3 rings (SSSR count). The summed E-state index contributed by atoms with van der Waals surface area (Å²) < 4.78 is 0.982.